The van der Waals surface area contributed by atoms with Crippen LogP contribution in [-0.4, -0.2) is 36.7 Å². The summed E-state index contributed by atoms with van der Waals surface area (Å²) in [6, 6.07) is 0.00399. The SMILES string of the molecule is CCC(C)(NS(=O)(=O)N1CCCCC1C)C(=N)N. The highest BCUT2D eigenvalue weighted by atomic mass is 32.2. The quantitative estimate of drug-likeness (QED) is 0.511. The molecule has 1 rings (SSSR count). The predicted molar refractivity (Wildman–Crippen MR) is 72.7 cm³/mol. The number of nitrogens with one attached hydrogen (secondary N) is 2. The third kappa shape index (κ3) is 3.21. The fraction of sp³-hybridized carbons (Fsp3) is 0.909. The van der Waals surface area contributed by atoms with Crippen LogP contribution in [0.2, 0.25) is 0 Å². The van der Waals surface area contributed by atoms with Gasteiger partial charge in [0.1, 0.15) is 5.84 Å². The lowest BCUT2D eigenvalue weighted by atomic mass is 10.00. The standard InChI is InChI=1S/C11H24N4O2S/c1-4-11(3,10(12)13)14-18(16,17)15-8-6-5-7-9(15)2/h9,14H,4-8H2,1-3H3,(H3,12,13). The van der Waals surface area contributed by atoms with Crippen molar-refractivity contribution in [3.63, 3.8) is 0 Å². The average Bonchev–Trinajstić information content (AvgIpc) is 2.28. The molecule has 1 saturated heterocycles. The van der Waals surface area contributed by atoms with E-state index in [0.29, 0.717) is 13.0 Å². The third-order valence-electron chi connectivity index (χ3n) is 3.71. The molecule has 2 atom stereocenters. The first kappa shape index (κ1) is 15.4. The highest BCUT2D eigenvalue weighted by Gasteiger charge is 2.36. The Morgan fingerprint density at radius 1 is 1.56 bits per heavy atom. The largest absolute Gasteiger partial charge is 0.386 e. The van der Waals surface area contributed by atoms with E-state index in [2.05, 4.69) is 4.72 Å². The van der Waals surface area contributed by atoms with Gasteiger partial charge in [-0.2, -0.15) is 17.4 Å². The van der Waals surface area contributed by atoms with Crippen molar-refractivity contribution in [2.24, 2.45) is 5.73 Å². The van der Waals surface area contributed by atoms with E-state index < -0.39 is 15.7 Å². The van der Waals surface area contributed by atoms with E-state index in [4.69, 9.17) is 11.1 Å². The third-order valence-corrected chi connectivity index (χ3v) is 5.57. The van der Waals surface area contributed by atoms with Crippen molar-refractivity contribution >= 4 is 16.0 Å². The van der Waals surface area contributed by atoms with Crippen LogP contribution in [0.25, 0.3) is 0 Å². The smallest absolute Gasteiger partial charge is 0.280 e. The lowest BCUT2D eigenvalue weighted by Crippen LogP contribution is -2.59. The van der Waals surface area contributed by atoms with Gasteiger partial charge < -0.3 is 5.73 Å². The highest BCUT2D eigenvalue weighted by molar-refractivity contribution is 7.87. The monoisotopic (exact) mass is 276 g/mol. The van der Waals surface area contributed by atoms with Crippen LogP contribution in [-0.2, 0) is 10.2 Å². The maximum atomic E-state index is 12.3. The molecule has 4 N–H and O–H groups in total. The summed E-state index contributed by atoms with van der Waals surface area (Å²) in [5, 5.41) is 7.52. The molecule has 6 nitrogen and oxygen atoms in total. The molecule has 106 valence electrons. The number of nitrogens with two attached hydrogens (primary N) is 1. The van der Waals surface area contributed by atoms with Gasteiger partial charge in [-0.3, -0.25) is 5.41 Å². The average molecular weight is 276 g/mol. The fourth-order valence-corrected chi connectivity index (χ4v) is 3.98. The summed E-state index contributed by atoms with van der Waals surface area (Å²) in [5.41, 5.74) is 4.49. The Hall–Kier alpha value is -0.660. The summed E-state index contributed by atoms with van der Waals surface area (Å²) >= 11 is 0. The minimum Gasteiger partial charge on any atom is -0.386 e. The van der Waals surface area contributed by atoms with Crippen molar-refractivity contribution < 1.29 is 8.42 Å². The van der Waals surface area contributed by atoms with Crippen LogP contribution in [0.15, 0.2) is 0 Å². The molecule has 0 saturated carbocycles. The van der Waals surface area contributed by atoms with E-state index >= 15 is 0 Å². The Morgan fingerprint density at radius 3 is 2.61 bits per heavy atom. The molecule has 18 heavy (non-hydrogen) atoms. The van der Waals surface area contributed by atoms with Crippen LogP contribution < -0.4 is 10.5 Å². The molecule has 0 aliphatic carbocycles. The maximum Gasteiger partial charge on any atom is 0.280 e. The zero-order valence-corrected chi connectivity index (χ0v) is 12.2. The first-order chi connectivity index (χ1) is 8.23. The topological polar surface area (TPSA) is 99.3 Å². The van der Waals surface area contributed by atoms with E-state index in [1.165, 1.54) is 4.31 Å². The van der Waals surface area contributed by atoms with Crippen LogP contribution in [0.5, 0.6) is 0 Å². The van der Waals surface area contributed by atoms with Crippen LogP contribution in [0.4, 0.5) is 0 Å². The number of hydrogen-bond acceptors (Lipinski definition) is 3. The van der Waals surface area contributed by atoms with E-state index in [1.807, 2.05) is 13.8 Å². The zero-order valence-electron chi connectivity index (χ0n) is 11.4. The molecule has 0 aromatic heterocycles. The van der Waals surface area contributed by atoms with Crippen molar-refractivity contribution in [1.29, 1.82) is 5.41 Å². The molecule has 1 fully saturated rings. The molecule has 1 heterocycles. The number of piperidine rings is 1. The minimum atomic E-state index is -3.58. The van der Waals surface area contributed by atoms with E-state index in [-0.39, 0.29) is 11.9 Å². The van der Waals surface area contributed by atoms with Crippen LogP contribution >= 0.6 is 0 Å². The molecule has 7 heteroatoms. The van der Waals surface area contributed by atoms with Crippen molar-refractivity contribution in [2.45, 2.75) is 58.0 Å². The summed E-state index contributed by atoms with van der Waals surface area (Å²) < 4.78 is 28.7. The number of nitrogens with zero attached hydrogens (tertiary/aromatic N) is 1. The lowest BCUT2D eigenvalue weighted by molar-refractivity contribution is 0.262. The molecular weight excluding hydrogens is 252 g/mol. The number of rotatable bonds is 5. The van der Waals surface area contributed by atoms with Gasteiger partial charge in [-0.25, -0.2) is 0 Å². The summed E-state index contributed by atoms with van der Waals surface area (Å²) in [7, 11) is -3.58. The Kier molecular flexibility index (Phi) is 4.74. The second-order valence-electron chi connectivity index (χ2n) is 5.16. The summed E-state index contributed by atoms with van der Waals surface area (Å²) in [6.07, 6.45) is 3.27. The van der Waals surface area contributed by atoms with Gasteiger partial charge in [-0.05, 0) is 33.1 Å². The van der Waals surface area contributed by atoms with Crippen molar-refractivity contribution in [2.75, 3.05) is 6.54 Å². The van der Waals surface area contributed by atoms with Crippen LogP contribution in [0.1, 0.15) is 46.5 Å². The van der Waals surface area contributed by atoms with E-state index in [1.54, 1.807) is 6.92 Å². The van der Waals surface area contributed by atoms with E-state index in [9.17, 15) is 8.42 Å². The van der Waals surface area contributed by atoms with Gasteiger partial charge >= 0.3 is 0 Å². The molecule has 0 spiro atoms. The van der Waals surface area contributed by atoms with Crippen molar-refractivity contribution in [3.05, 3.63) is 0 Å². The lowest BCUT2D eigenvalue weighted by Gasteiger charge is -2.36. The molecule has 0 aromatic rings. The van der Waals surface area contributed by atoms with E-state index in [0.717, 1.165) is 19.3 Å². The van der Waals surface area contributed by atoms with Gasteiger partial charge in [-0.15, -0.1) is 0 Å². The van der Waals surface area contributed by atoms with Crippen molar-refractivity contribution in [1.82, 2.24) is 9.03 Å². The fourth-order valence-electron chi connectivity index (χ4n) is 2.09. The maximum absolute atomic E-state index is 12.3. The summed E-state index contributed by atoms with van der Waals surface area (Å²) in [4.78, 5) is 0. The Labute approximate surface area is 110 Å². The number of hydrogen-bond donors (Lipinski definition) is 3. The Balaban J connectivity index is 2.90. The molecule has 0 bridgehead atoms. The van der Waals surface area contributed by atoms with Crippen molar-refractivity contribution in [3.8, 4) is 0 Å². The highest BCUT2D eigenvalue weighted by Crippen LogP contribution is 2.21. The number of amidine groups is 1. The first-order valence-electron chi connectivity index (χ1n) is 6.38. The van der Waals surface area contributed by atoms with Gasteiger partial charge in [0.25, 0.3) is 10.2 Å². The second-order valence-corrected chi connectivity index (χ2v) is 6.79. The zero-order chi connectivity index (χ0) is 14.0. The Bertz CT molecular complexity index is 409. The molecule has 2 unspecified atom stereocenters. The van der Waals surface area contributed by atoms with Gasteiger partial charge in [0.05, 0.1) is 5.54 Å². The minimum absolute atomic E-state index is 0.00399. The Morgan fingerprint density at radius 2 is 2.17 bits per heavy atom. The van der Waals surface area contributed by atoms with Gasteiger partial charge in [0.2, 0.25) is 0 Å². The summed E-state index contributed by atoms with van der Waals surface area (Å²) in [6.45, 7) is 5.90. The van der Waals surface area contributed by atoms with Crippen LogP contribution in [0, 0.1) is 5.41 Å². The second kappa shape index (κ2) is 5.54. The predicted octanol–water partition coefficient (Wildman–Crippen LogP) is 0.800. The molecule has 0 aromatic carbocycles. The normalized spacial score (nSPS) is 25.6. The molecule has 1 aliphatic heterocycles. The van der Waals surface area contributed by atoms with Crippen LogP contribution in [0.3, 0.4) is 0 Å². The first-order valence-corrected chi connectivity index (χ1v) is 7.82. The molecule has 1 aliphatic rings. The van der Waals surface area contributed by atoms with Gasteiger partial charge in [0, 0.05) is 12.6 Å². The molecular formula is C11H24N4O2S. The molecule has 0 amide bonds. The molecule has 0 radical (unpaired) electrons. The summed E-state index contributed by atoms with van der Waals surface area (Å²) in [5.74, 6) is -0.154. The van der Waals surface area contributed by atoms with Gasteiger partial charge in [-0.1, -0.05) is 13.3 Å². The van der Waals surface area contributed by atoms with Gasteiger partial charge in [0.15, 0.2) is 0 Å².